The van der Waals surface area contributed by atoms with Crippen LogP contribution in [0.5, 0.6) is 0 Å². The van der Waals surface area contributed by atoms with Crippen molar-refractivity contribution in [2.45, 2.75) is 64.1 Å². The molecule has 1 unspecified atom stereocenters. The molecule has 1 atom stereocenters. The van der Waals surface area contributed by atoms with Gasteiger partial charge in [0.2, 0.25) is 0 Å². The fraction of sp³-hybridized carbons (Fsp3) is 0.625. The van der Waals surface area contributed by atoms with E-state index < -0.39 is 0 Å². The van der Waals surface area contributed by atoms with E-state index >= 15 is 0 Å². The first-order chi connectivity index (χ1) is 8.69. The fourth-order valence-electron chi connectivity index (χ4n) is 2.78. The van der Waals surface area contributed by atoms with Crippen LogP contribution in [0, 0.1) is 6.92 Å². The normalized spacial score (nSPS) is 25.9. The van der Waals surface area contributed by atoms with Crippen LogP contribution in [0.1, 0.15) is 56.2 Å². The predicted octanol–water partition coefficient (Wildman–Crippen LogP) is 3.34. The molecule has 0 aromatic heterocycles. The van der Waals surface area contributed by atoms with Gasteiger partial charge in [0, 0.05) is 12.1 Å². The van der Waals surface area contributed by atoms with Crippen LogP contribution in [0.15, 0.2) is 24.3 Å². The lowest BCUT2D eigenvalue weighted by molar-refractivity contribution is 0.114. The van der Waals surface area contributed by atoms with E-state index in [2.05, 4.69) is 43.4 Å². The Bertz CT molecular complexity index is 352. The number of aliphatic hydroxyl groups excluding tert-OH is 1. The van der Waals surface area contributed by atoms with Gasteiger partial charge in [0.1, 0.15) is 0 Å². The van der Waals surface area contributed by atoms with Gasteiger partial charge in [0.05, 0.1) is 6.10 Å². The van der Waals surface area contributed by atoms with Crippen molar-refractivity contribution in [3.05, 3.63) is 35.4 Å². The molecule has 0 bridgehead atoms. The Morgan fingerprint density at radius 2 is 1.78 bits per heavy atom. The highest BCUT2D eigenvalue weighted by molar-refractivity contribution is 5.24. The Morgan fingerprint density at radius 1 is 1.17 bits per heavy atom. The summed E-state index contributed by atoms with van der Waals surface area (Å²) in [5.41, 5.74) is 2.70. The molecule has 0 amide bonds. The minimum Gasteiger partial charge on any atom is -0.393 e. The number of nitrogens with one attached hydrogen (secondary N) is 1. The summed E-state index contributed by atoms with van der Waals surface area (Å²) >= 11 is 0. The zero-order valence-corrected chi connectivity index (χ0v) is 11.5. The molecule has 2 nitrogen and oxygen atoms in total. The molecule has 0 aliphatic heterocycles. The van der Waals surface area contributed by atoms with Gasteiger partial charge in [-0.25, -0.2) is 0 Å². The van der Waals surface area contributed by atoms with Gasteiger partial charge < -0.3 is 10.4 Å². The third-order valence-electron chi connectivity index (χ3n) is 4.02. The molecule has 0 radical (unpaired) electrons. The maximum absolute atomic E-state index is 9.54. The molecule has 0 spiro atoms. The van der Waals surface area contributed by atoms with E-state index in [9.17, 15) is 5.11 Å². The van der Waals surface area contributed by atoms with Gasteiger partial charge in [-0.15, -0.1) is 0 Å². The second kappa shape index (κ2) is 6.35. The molecular formula is C16H25NO. The van der Waals surface area contributed by atoms with E-state index in [1.165, 1.54) is 11.1 Å². The van der Waals surface area contributed by atoms with E-state index in [1.54, 1.807) is 0 Å². The molecule has 2 rings (SSSR count). The van der Waals surface area contributed by atoms with Crippen molar-refractivity contribution in [1.29, 1.82) is 0 Å². The summed E-state index contributed by atoms with van der Waals surface area (Å²) in [5, 5.41) is 13.3. The minimum atomic E-state index is -0.0671. The molecule has 1 aromatic carbocycles. The number of benzene rings is 1. The first kappa shape index (κ1) is 13.6. The third kappa shape index (κ3) is 3.56. The first-order valence-electron chi connectivity index (χ1n) is 7.19. The molecule has 2 heteroatoms. The summed E-state index contributed by atoms with van der Waals surface area (Å²) in [6.45, 7) is 4.36. The van der Waals surface area contributed by atoms with Gasteiger partial charge in [0.15, 0.2) is 0 Å². The first-order valence-corrected chi connectivity index (χ1v) is 7.19. The molecule has 100 valence electrons. The summed E-state index contributed by atoms with van der Waals surface area (Å²) in [6, 6.07) is 9.85. The Morgan fingerprint density at radius 3 is 2.33 bits per heavy atom. The minimum absolute atomic E-state index is 0.0671. The Hall–Kier alpha value is -0.860. The van der Waals surface area contributed by atoms with Crippen LogP contribution in [0.25, 0.3) is 0 Å². The van der Waals surface area contributed by atoms with E-state index in [0.29, 0.717) is 12.1 Å². The molecule has 1 fully saturated rings. The van der Waals surface area contributed by atoms with Gasteiger partial charge in [-0.2, -0.15) is 0 Å². The number of rotatable bonds is 4. The quantitative estimate of drug-likeness (QED) is 0.855. The average Bonchev–Trinajstić information content (AvgIpc) is 2.39. The highest BCUT2D eigenvalue weighted by Gasteiger charge is 2.21. The van der Waals surface area contributed by atoms with Crippen LogP contribution >= 0.6 is 0 Å². The molecule has 1 aliphatic carbocycles. The second-order valence-corrected chi connectivity index (χ2v) is 5.54. The maximum atomic E-state index is 9.54. The molecule has 18 heavy (non-hydrogen) atoms. The van der Waals surface area contributed by atoms with Crippen LogP contribution < -0.4 is 5.32 Å². The van der Waals surface area contributed by atoms with E-state index in [4.69, 9.17) is 0 Å². The number of hydrogen-bond acceptors (Lipinski definition) is 2. The predicted molar refractivity (Wildman–Crippen MR) is 75.6 cm³/mol. The molecular weight excluding hydrogens is 222 g/mol. The topological polar surface area (TPSA) is 32.3 Å². The van der Waals surface area contributed by atoms with E-state index in [-0.39, 0.29) is 6.10 Å². The summed E-state index contributed by atoms with van der Waals surface area (Å²) in [4.78, 5) is 0. The lowest BCUT2D eigenvalue weighted by atomic mass is 9.91. The van der Waals surface area contributed by atoms with Crippen molar-refractivity contribution in [1.82, 2.24) is 5.32 Å². The molecule has 1 saturated carbocycles. The molecule has 1 aliphatic rings. The van der Waals surface area contributed by atoms with Crippen molar-refractivity contribution >= 4 is 0 Å². The van der Waals surface area contributed by atoms with E-state index in [0.717, 1.165) is 32.1 Å². The zero-order valence-electron chi connectivity index (χ0n) is 11.5. The monoisotopic (exact) mass is 247 g/mol. The fourth-order valence-corrected chi connectivity index (χ4v) is 2.78. The SMILES string of the molecule is CCC(NC1CCC(O)CC1)c1ccc(C)cc1. The smallest absolute Gasteiger partial charge is 0.0541 e. The molecule has 1 aromatic rings. The Balaban J connectivity index is 1.94. The van der Waals surface area contributed by atoms with Crippen molar-refractivity contribution in [3.8, 4) is 0 Å². The summed E-state index contributed by atoms with van der Waals surface area (Å²) in [6.07, 6.45) is 5.14. The second-order valence-electron chi connectivity index (χ2n) is 5.54. The maximum Gasteiger partial charge on any atom is 0.0541 e. The van der Waals surface area contributed by atoms with Crippen molar-refractivity contribution < 1.29 is 5.11 Å². The summed E-state index contributed by atoms with van der Waals surface area (Å²) < 4.78 is 0. The van der Waals surface area contributed by atoms with Crippen LogP contribution in [-0.4, -0.2) is 17.3 Å². The van der Waals surface area contributed by atoms with Gasteiger partial charge >= 0.3 is 0 Å². The molecule has 2 N–H and O–H groups in total. The van der Waals surface area contributed by atoms with Gasteiger partial charge in [-0.05, 0) is 44.6 Å². The summed E-state index contributed by atoms with van der Waals surface area (Å²) in [7, 11) is 0. The highest BCUT2D eigenvalue weighted by Crippen LogP contribution is 2.23. The van der Waals surface area contributed by atoms with Crippen molar-refractivity contribution in [3.63, 3.8) is 0 Å². The van der Waals surface area contributed by atoms with Crippen molar-refractivity contribution in [2.24, 2.45) is 0 Å². The Kier molecular flexibility index (Phi) is 4.79. The number of hydrogen-bond donors (Lipinski definition) is 2. The van der Waals surface area contributed by atoms with Gasteiger partial charge in [-0.1, -0.05) is 36.8 Å². The lowest BCUT2D eigenvalue weighted by Gasteiger charge is -2.30. The standard InChI is InChI=1S/C16H25NO/c1-3-16(13-6-4-12(2)5-7-13)17-14-8-10-15(18)11-9-14/h4-7,14-18H,3,8-11H2,1-2H3. The van der Waals surface area contributed by atoms with Crippen LogP contribution in [0.3, 0.4) is 0 Å². The average molecular weight is 247 g/mol. The summed E-state index contributed by atoms with van der Waals surface area (Å²) in [5.74, 6) is 0. The van der Waals surface area contributed by atoms with Gasteiger partial charge in [-0.3, -0.25) is 0 Å². The zero-order chi connectivity index (χ0) is 13.0. The van der Waals surface area contributed by atoms with Crippen LogP contribution in [-0.2, 0) is 0 Å². The highest BCUT2D eigenvalue weighted by atomic mass is 16.3. The number of aliphatic hydroxyl groups is 1. The molecule has 0 saturated heterocycles. The van der Waals surface area contributed by atoms with Gasteiger partial charge in [0.25, 0.3) is 0 Å². The van der Waals surface area contributed by atoms with Crippen LogP contribution in [0.2, 0.25) is 0 Å². The third-order valence-corrected chi connectivity index (χ3v) is 4.02. The van der Waals surface area contributed by atoms with E-state index in [1.807, 2.05) is 0 Å². The van der Waals surface area contributed by atoms with Crippen molar-refractivity contribution in [2.75, 3.05) is 0 Å². The van der Waals surface area contributed by atoms with Crippen LogP contribution in [0.4, 0.5) is 0 Å². The number of aryl methyl sites for hydroxylation is 1. The molecule has 0 heterocycles. The largest absolute Gasteiger partial charge is 0.393 e. The lowest BCUT2D eigenvalue weighted by Crippen LogP contribution is -2.36. The Labute approximate surface area is 110 Å².